The molecule has 0 aliphatic rings. The number of hydrogen-bond donors (Lipinski definition) is 1. The monoisotopic (exact) mass is 394 g/mol. The van der Waals surface area contributed by atoms with E-state index >= 15 is 0 Å². The lowest BCUT2D eigenvalue weighted by molar-refractivity contribution is -0.118. The Labute approximate surface area is 160 Å². The molecule has 1 amide bonds. The summed E-state index contributed by atoms with van der Waals surface area (Å²) in [7, 11) is 1.60. The van der Waals surface area contributed by atoms with Gasteiger partial charge in [0.15, 0.2) is 5.16 Å². The number of aromatic nitrogens is 2. The molecule has 0 aliphatic heterocycles. The number of halogens is 1. The number of methoxy groups -OCH3 is 1. The summed E-state index contributed by atoms with van der Waals surface area (Å²) in [6.07, 6.45) is 0.907. The van der Waals surface area contributed by atoms with Crippen molar-refractivity contribution in [1.82, 2.24) is 14.9 Å². The van der Waals surface area contributed by atoms with E-state index in [0.717, 1.165) is 0 Å². The number of rotatable bonds is 9. The quantitative estimate of drug-likeness (QED) is 0.398. The van der Waals surface area contributed by atoms with Gasteiger partial charge in [-0.1, -0.05) is 23.4 Å². The van der Waals surface area contributed by atoms with Crippen LogP contribution in [0.2, 0.25) is 5.02 Å². The van der Waals surface area contributed by atoms with Gasteiger partial charge in [0.1, 0.15) is 0 Å². The third-order valence-corrected chi connectivity index (χ3v) is 4.72. The van der Waals surface area contributed by atoms with Crippen LogP contribution in [0.15, 0.2) is 28.2 Å². The minimum Gasteiger partial charge on any atom is -0.385 e. The summed E-state index contributed by atoms with van der Waals surface area (Å²) >= 11 is 7.18. The molecule has 26 heavy (non-hydrogen) atoms. The maximum atomic E-state index is 12.8. The maximum Gasteiger partial charge on any atom is 0.262 e. The summed E-state index contributed by atoms with van der Waals surface area (Å²) < 4.78 is 6.61. The van der Waals surface area contributed by atoms with E-state index < -0.39 is 0 Å². The van der Waals surface area contributed by atoms with Crippen LogP contribution in [0.5, 0.6) is 0 Å². The number of thioether (sulfide) groups is 1. The number of amides is 1. The number of carbonyl (C=O) groups is 1. The third kappa shape index (κ3) is 5.46. The van der Waals surface area contributed by atoms with Crippen LogP contribution in [-0.4, -0.2) is 41.5 Å². The minimum absolute atomic E-state index is 0.105. The molecule has 2 rings (SSSR count). The second-order valence-electron chi connectivity index (χ2n) is 5.41. The Morgan fingerprint density at radius 2 is 2.31 bits per heavy atom. The van der Waals surface area contributed by atoms with Gasteiger partial charge in [-0.05, 0) is 24.6 Å². The average molecular weight is 395 g/mol. The van der Waals surface area contributed by atoms with Crippen LogP contribution in [0.1, 0.15) is 12.8 Å². The predicted molar refractivity (Wildman–Crippen MR) is 101 cm³/mol. The molecule has 0 radical (unpaired) electrons. The second-order valence-corrected chi connectivity index (χ2v) is 6.78. The van der Waals surface area contributed by atoms with Crippen LogP contribution in [0.3, 0.4) is 0 Å². The van der Waals surface area contributed by atoms with Gasteiger partial charge in [0.25, 0.3) is 5.56 Å². The molecule has 0 saturated carbocycles. The number of fused-ring (bicyclic) bond motifs is 1. The van der Waals surface area contributed by atoms with Crippen molar-refractivity contribution < 1.29 is 9.53 Å². The van der Waals surface area contributed by atoms with Gasteiger partial charge in [-0.3, -0.25) is 14.2 Å². The molecule has 7 nitrogen and oxygen atoms in total. The number of nitriles is 1. The molecule has 0 aliphatic carbocycles. The molecular weight excluding hydrogens is 376 g/mol. The van der Waals surface area contributed by atoms with Gasteiger partial charge < -0.3 is 10.1 Å². The lowest BCUT2D eigenvalue weighted by Crippen LogP contribution is -2.27. The summed E-state index contributed by atoms with van der Waals surface area (Å²) in [6, 6.07) is 6.91. The van der Waals surface area contributed by atoms with Crippen LogP contribution in [0.25, 0.3) is 10.9 Å². The van der Waals surface area contributed by atoms with E-state index in [4.69, 9.17) is 21.6 Å². The summed E-state index contributed by atoms with van der Waals surface area (Å²) in [5.74, 6) is -0.108. The Morgan fingerprint density at radius 3 is 3.04 bits per heavy atom. The summed E-state index contributed by atoms with van der Waals surface area (Å²) in [4.78, 5) is 29.2. The van der Waals surface area contributed by atoms with Crippen molar-refractivity contribution >= 4 is 40.2 Å². The smallest absolute Gasteiger partial charge is 0.262 e. The van der Waals surface area contributed by atoms with E-state index in [0.29, 0.717) is 47.2 Å². The van der Waals surface area contributed by atoms with Crippen LogP contribution in [0, 0.1) is 11.3 Å². The molecule has 138 valence electrons. The number of hydrogen-bond acceptors (Lipinski definition) is 6. The van der Waals surface area contributed by atoms with E-state index in [1.165, 1.54) is 11.8 Å². The van der Waals surface area contributed by atoms with Gasteiger partial charge in [0.2, 0.25) is 5.91 Å². The minimum atomic E-state index is -0.214. The van der Waals surface area contributed by atoms with Gasteiger partial charge in [-0.25, -0.2) is 4.98 Å². The number of ether oxygens (including phenoxy) is 1. The van der Waals surface area contributed by atoms with E-state index in [-0.39, 0.29) is 23.6 Å². The van der Waals surface area contributed by atoms with E-state index in [1.54, 1.807) is 29.9 Å². The number of carbonyl (C=O) groups excluding carboxylic acids is 1. The number of nitrogens with zero attached hydrogens (tertiary/aromatic N) is 3. The first-order valence-electron chi connectivity index (χ1n) is 8.02. The Morgan fingerprint density at radius 1 is 1.50 bits per heavy atom. The van der Waals surface area contributed by atoms with Gasteiger partial charge in [0.05, 0.1) is 29.1 Å². The molecule has 2 aromatic rings. The van der Waals surface area contributed by atoms with E-state index in [9.17, 15) is 9.59 Å². The highest BCUT2D eigenvalue weighted by Gasteiger charge is 2.13. The van der Waals surface area contributed by atoms with Crippen molar-refractivity contribution in [1.29, 1.82) is 5.26 Å². The highest BCUT2D eigenvalue weighted by Crippen LogP contribution is 2.20. The summed E-state index contributed by atoms with van der Waals surface area (Å²) in [5.41, 5.74) is 0.327. The largest absolute Gasteiger partial charge is 0.385 e. The van der Waals surface area contributed by atoms with Crippen molar-refractivity contribution in [3.63, 3.8) is 0 Å². The number of benzene rings is 1. The standard InChI is InChI=1S/C17H19ClN4O3S/c1-25-9-3-8-22-16(24)13-5-4-12(18)10-14(13)21-17(22)26-11-15(23)20-7-2-6-19/h4-5,10H,2-3,7-9,11H2,1H3,(H,20,23). The van der Waals surface area contributed by atoms with Gasteiger partial charge in [-0.15, -0.1) is 0 Å². The van der Waals surface area contributed by atoms with Gasteiger partial charge in [-0.2, -0.15) is 5.26 Å². The van der Waals surface area contributed by atoms with Crippen LogP contribution >= 0.6 is 23.4 Å². The Hall–Kier alpha value is -2.08. The molecule has 0 bridgehead atoms. The summed E-state index contributed by atoms with van der Waals surface area (Å²) in [6.45, 7) is 1.26. The molecule has 0 saturated heterocycles. The molecule has 0 atom stereocenters. The Balaban J connectivity index is 2.26. The zero-order valence-corrected chi connectivity index (χ0v) is 15.9. The first kappa shape index (κ1) is 20.2. The average Bonchev–Trinajstić information content (AvgIpc) is 2.62. The first-order valence-corrected chi connectivity index (χ1v) is 9.38. The normalized spacial score (nSPS) is 10.7. The Bertz CT molecular complexity index is 879. The SMILES string of the molecule is COCCCn1c(SCC(=O)NCCC#N)nc2cc(Cl)ccc2c1=O. The van der Waals surface area contributed by atoms with E-state index in [1.807, 2.05) is 6.07 Å². The molecule has 1 aromatic carbocycles. The van der Waals surface area contributed by atoms with Crippen molar-refractivity contribution in [2.75, 3.05) is 26.0 Å². The predicted octanol–water partition coefficient (Wildman–Crippen LogP) is 2.21. The molecule has 0 fully saturated rings. The number of nitrogens with one attached hydrogen (secondary N) is 1. The molecule has 0 spiro atoms. The van der Waals surface area contributed by atoms with E-state index in [2.05, 4.69) is 10.3 Å². The fourth-order valence-corrected chi connectivity index (χ4v) is 3.31. The first-order chi connectivity index (χ1) is 12.6. The van der Waals surface area contributed by atoms with Crippen LogP contribution in [-0.2, 0) is 16.1 Å². The molecule has 0 unspecified atom stereocenters. The zero-order chi connectivity index (χ0) is 18.9. The highest BCUT2D eigenvalue weighted by molar-refractivity contribution is 7.99. The molecule has 1 N–H and O–H groups in total. The topological polar surface area (TPSA) is 97.0 Å². The van der Waals surface area contributed by atoms with Crippen molar-refractivity contribution in [3.05, 3.63) is 33.6 Å². The zero-order valence-electron chi connectivity index (χ0n) is 14.3. The molecular formula is C17H19ClN4O3S. The Kier molecular flexibility index (Phi) is 7.91. The fourth-order valence-electron chi connectivity index (χ4n) is 2.29. The molecule has 9 heteroatoms. The molecule has 1 heterocycles. The lowest BCUT2D eigenvalue weighted by atomic mass is 10.2. The fraction of sp³-hybridized carbons (Fsp3) is 0.412. The van der Waals surface area contributed by atoms with Crippen LogP contribution < -0.4 is 10.9 Å². The van der Waals surface area contributed by atoms with Crippen LogP contribution in [0.4, 0.5) is 0 Å². The maximum absolute atomic E-state index is 12.8. The van der Waals surface area contributed by atoms with Crippen molar-refractivity contribution in [2.24, 2.45) is 0 Å². The van der Waals surface area contributed by atoms with Crippen molar-refractivity contribution in [3.8, 4) is 6.07 Å². The van der Waals surface area contributed by atoms with Crippen molar-refractivity contribution in [2.45, 2.75) is 24.5 Å². The molecule has 1 aromatic heterocycles. The lowest BCUT2D eigenvalue weighted by Gasteiger charge is -2.13. The second kappa shape index (κ2) is 10.2. The third-order valence-electron chi connectivity index (χ3n) is 3.50. The highest BCUT2D eigenvalue weighted by atomic mass is 35.5. The van der Waals surface area contributed by atoms with Gasteiger partial charge >= 0.3 is 0 Å². The van der Waals surface area contributed by atoms with Gasteiger partial charge in [0, 0.05) is 31.8 Å². The summed E-state index contributed by atoms with van der Waals surface area (Å²) in [5, 5.41) is 12.6.